The first-order chi connectivity index (χ1) is 15.6. The Morgan fingerprint density at radius 2 is 2.00 bits per heavy atom. The monoisotopic (exact) mass is 454 g/mol. The Labute approximate surface area is 192 Å². The summed E-state index contributed by atoms with van der Waals surface area (Å²) in [7, 11) is 0. The topological polar surface area (TPSA) is 65.1 Å². The van der Waals surface area contributed by atoms with Crippen molar-refractivity contribution in [3.8, 4) is 0 Å². The minimum atomic E-state index is -0.449. The van der Waals surface area contributed by atoms with Crippen molar-refractivity contribution < 1.29 is 4.39 Å². The Morgan fingerprint density at radius 1 is 1.19 bits per heavy atom. The Kier molecular flexibility index (Phi) is 6.02. The van der Waals surface area contributed by atoms with Gasteiger partial charge in [0.05, 0.1) is 10.7 Å². The van der Waals surface area contributed by atoms with Crippen LogP contribution < -0.4 is 20.9 Å². The number of anilines is 4. The average Bonchev–Trinajstić information content (AvgIpc) is 3.65. The highest BCUT2D eigenvalue weighted by Gasteiger charge is 2.30. The van der Waals surface area contributed by atoms with E-state index in [1.807, 2.05) is 0 Å². The van der Waals surface area contributed by atoms with Crippen molar-refractivity contribution in [2.75, 3.05) is 41.7 Å². The van der Waals surface area contributed by atoms with E-state index in [-0.39, 0.29) is 5.02 Å². The molecule has 1 saturated carbocycles. The standard InChI is InChI=1S/C24H28ClFN6/c1-2-20(15-6-7-15)29-23-17-4-3-5-21(32-12-10-27-11-13-32)22(17)30-24(31-23)28-16-8-9-19(26)18(25)14-16/h3-5,8-9,14-15,20,27H,2,6-7,10-13H2,1H3,(H2,28,29,30,31)/t20-/m1/s1. The molecule has 6 nitrogen and oxygen atoms in total. The summed E-state index contributed by atoms with van der Waals surface area (Å²) in [6.45, 7) is 5.98. The van der Waals surface area contributed by atoms with E-state index in [0.717, 1.165) is 55.0 Å². The van der Waals surface area contributed by atoms with Crippen molar-refractivity contribution in [1.82, 2.24) is 15.3 Å². The molecule has 1 atom stereocenters. The number of rotatable bonds is 7. The number of piperazine rings is 1. The van der Waals surface area contributed by atoms with Gasteiger partial charge >= 0.3 is 0 Å². The van der Waals surface area contributed by atoms with E-state index in [4.69, 9.17) is 21.6 Å². The van der Waals surface area contributed by atoms with Crippen molar-refractivity contribution in [3.63, 3.8) is 0 Å². The van der Waals surface area contributed by atoms with Crippen molar-refractivity contribution >= 4 is 45.6 Å². The summed E-state index contributed by atoms with van der Waals surface area (Å²) in [6.07, 6.45) is 3.57. The number of hydrogen-bond acceptors (Lipinski definition) is 6. The maximum Gasteiger partial charge on any atom is 0.229 e. The zero-order valence-corrected chi connectivity index (χ0v) is 18.9. The molecule has 1 aromatic heterocycles. The van der Waals surface area contributed by atoms with Gasteiger partial charge in [-0.05, 0) is 55.5 Å². The highest BCUT2D eigenvalue weighted by molar-refractivity contribution is 6.31. The number of nitrogens with zero attached hydrogens (tertiary/aromatic N) is 3. The van der Waals surface area contributed by atoms with Crippen LogP contribution in [0.3, 0.4) is 0 Å². The molecule has 0 amide bonds. The second-order valence-corrected chi connectivity index (χ2v) is 8.96. The summed E-state index contributed by atoms with van der Waals surface area (Å²) in [6, 6.07) is 11.2. The average molecular weight is 455 g/mol. The van der Waals surface area contributed by atoms with Gasteiger partial charge in [-0.3, -0.25) is 0 Å². The minimum Gasteiger partial charge on any atom is -0.367 e. The predicted molar refractivity (Wildman–Crippen MR) is 130 cm³/mol. The normalized spacial score (nSPS) is 17.4. The molecular formula is C24H28ClFN6. The molecule has 0 unspecified atom stereocenters. The van der Waals surface area contributed by atoms with Crippen molar-refractivity contribution in [2.45, 2.75) is 32.2 Å². The third-order valence-corrected chi connectivity index (χ3v) is 6.58. The molecule has 0 spiro atoms. The van der Waals surface area contributed by atoms with Gasteiger partial charge in [0.1, 0.15) is 17.2 Å². The molecule has 8 heteroatoms. The van der Waals surface area contributed by atoms with Crippen LogP contribution in [0.4, 0.5) is 27.5 Å². The number of nitrogens with one attached hydrogen (secondary N) is 3. The Morgan fingerprint density at radius 3 is 2.72 bits per heavy atom. The van der Waals surface area contributed by atoms with Gasteiger partial charge in [-0.2, -0.15) is 4.98 Å². The number of hydrogen-bond donors (Lipinski definition) is 3. The van der Waals surface area contributed by atoms with Crippen LogP contribution in [0.25, 0.3) is 10.9 Å². The summed E-state index contributed by atoms with van der Waals surface area (Å²) in [4.78, 5) is 12.1. The van der Waals surface area contributed by atoms with E-state index in [1.165, 1.54) is 18.9 Å². The SMILES string of the molecule is CC[C@@H](Nc1nc(Nc2ccc(F)c(Cl)c2)nc2c(N3CCNCC3)cccc12)C1CC1. The van der Waals surface area contributed by atoms with Gasteiger partial charge < -0.3 is 20.9 Å². The summed E-state index contributed by atoms with van der Waals surface area (Å²) in [5.74, 6) is 1.56. The molecule has 2 heterocycles. The number of benzene rings is 2. The van der Waals surface area contributed by atoms with Gasteiger partial charge in [0.2, 0.25) is 5.95 Å². The van der Waals surface area contributed by atoms with Crippen LogP contribution in [-0.4, -0.2) is 42.2 Å². The number of halogens is 2. The Bertz CT molecular complexity index is 1110. The number of fused-ring (bicyclic) bond motifs is 1. The first-order valence-corrected chi connectivity index (χ1v) is 11.7. The molecule has 2 aromatic carbocycles. The smallest absolute Gasteiger partial charge is 0.229 e. The van der Waals surface area contributed by atoms with E-state index in [9.17, 15) is 4.39 Å². The Hall–Kier alpha value is -2.64. The number of para-hydroxylation sites is 1. The third-order valence-electron chi connectivity index (χ3n) is 6.29. The van der Waals surface area contributed by atoms with E-state index in [1.54, 1.807) is 12.1 Å². The van der Waals surface area contributed by atoms with E-state index >= 15 is 0 Å². The fraction of sp³-hybridized carbons (Fsp3) is 0.417. The first-order valence-electron chi connectivity index (χ1n) is 11.4. The zero-order valence-electron chi connectivity index (χ0n) is 18.2. The third kappa shape index (κ3) is 4.45. The molecule has 3 N–H and O–H groups in total. The molecule has 1 saturated heterocycles. The lowest BCUT2D eigenvalue weighted by atomic mass is 10.1. The zero-order chi connectivity index (χ0) is 22.1. The molecule has 32 heavy (non-hydrogen) atoms. The molecular weight excluding hydrogens is 427 g/mol. The van der Waals surface area contributed by atoms with Crippen molar-refractivity contribution in [1.29, 1.82) is 0 Å². The predicted octanol–water partition coefficient (Wildman–Crippen LogP) is 5.18. The lowest BCUT2D eigenvalue weighted by molar-refractivity contribution is 0.590. The quantitative estimate of drug-likeness (QED) is 0.457. The van der Waals surface area contributed by atoms with Crippen LogP contribution in [-0.2, 0) is 0 Å². The summed E-state index contributed by atoms with van der Waals surface area (Å²) >= 11 is 5.98. The van der Waals surface area contributed by atoms with Crippen LogP contribution in [0.2, 0.25) is 5.02 Å². The lowest BCUT2D eigenvalue weighted by Crippen LogP contribution is -2.43. The molecule has 2 aliphatic rings. The molecule has 2 fully saturated rings. The lowest BCUT2D eigenvalue weighted by Gasteiger charge is -2.30. The molecule has 5 rings (SSSR count). The van der Waals surface area contributed by atoms with Crippen molar-refractivity contribution in [3.05, 3.63) is 47.2 Å². The largest absolute Gasteiger partial charge is 0.367 e. The van der Waals surface area contributed by atoms with Crippen molar-refractivity contribution in [2.24, 2.45) is 5.92 Å². The van der Waals surface area contributed by atoms with E-state index in [2.05, 4.69) is 46.0 Å². The fourth-order valence-corrected chi connectivity index (χ4v) is 4.57. The van der Waals surface area contributed by atoms with Gasteiger partial charge in [0, 0.05) is 43.3 Å². The minimum absolute atomic E-state index is 0.0652. The number of aromatic nitrogens is 2. The van der Waals surface area contributed by atoms with Crippen LogP contribution in [0.5, 0.6) is 0 Å². The molecule has 168 valence electrons. The fourth-order valence-electron chi connectivity index (χ4n) is 4.39. The molecule has 0 radical (unpaired) electrons. The molecule has 3 aromatic rings. The van der Waals surface area contributed by atoms with E-state index < -0.39 is 5.82 Å². The first kappa shape index (κ1) is 21.2. The molecule has 1 aliphatic carbocycles. The second-order valence-electron chi connectivity index (χ2n) is 8.56. The maximum atomic E-state index is 13.6. The van der Waals surface area contributed by atoms with Crippen LogP contribution in [0.1, 0.15) is 26.2 Å². The van der Waals surface area contributed by atoms with Gasteiger partial charge in [0.25, 0.3) is 0 Å². The summed E-state index contributed by atoms with van der Waals surface area (Å²) < 4.78 is 13.6. The van der Waals surface area contributed by atoms with Gasteiger partial charge in [-0.15, -0.1) is 0 Å². The highest BCUT2D eigenvalue weighted by Crippen LogP contribution is 2.38. The van der Waals surface area contributed by atoms with E-state index in [0.29, 0.717) is 23.6 Å². The van der Waals surface area contributed by atoms with Crippen LogP contribution >= 0.6 is 11.6 Å². The Balaban J connectivity index is 1.58. The van der Waals surface area contributed by atoms with Crippen LogP contribution in [0.15, 0.2) is 36.4 Å². The van der Waals surface area contributed by atoms with Gasteiger partial charge in [-0.1, -0.05) is 24.6 Å². The highest BCUT2D eigenvalue weighted by atomic mass is 35.5. The summed E-state index contributed by atoms with van der Waals surface area (Å²) in [5.41, 5.74) is 2.66. The maximum absolute atomic E-state index is 13.6. The molecule has 1 aliphatic heterocycles. The van der Waals surface area contributed by atoms with Gasteiger partial charge in [0.15, 0.2) is 0 Å². The summed E-state index contributed by atoms with van der Waals surface area (Å²) in [5, 5.41) is 11.4. The second kappa shape index (κ2) is 9.08. The van der Waals surface area contributed by atoms with Crippen LogP contribution in [0, 0.1) is 11.7 Å². The molecule has 0 bridgehead atoms. The van der Waals surface area contributed by atoms with Gasteiger partial charge in [-0.25, -0.2) is 9.37 Å².